The number of thiocarbonyl (C=S) groups is 1. The van der Waals surface area contributed by atoms with E-state index in [-0.39, 0.29) is 0 Å². The van der Waals surface area contributed by atoms with Gasteiger partial charge in [-0.1, -0.05) is 25.3 Å². The summed E-state index contributed by atoms with van der Waals surface area (Å²) in [5.74, 6) is 0. The van der Waals surface area contributed by atoms with Crippen LogP contribution in [0, 0.1) is 13.8 Å². The van der Waals surface area contributed by atoms with E-state index in [0.29, 0.717) is 11.2 Å². The smallest absolute Gasteiger partial charge is 0.170 e. The minimum atomic E-state index is 0.495. The molecule has 0 bridgehead atoms. The monoisotopic (exact) mass is 320 g/mol. The molecule has 2 rings (SSSR count). The third kappa shape index (κ3) is 6.32. The highest BCUT2D eigenvalue weighted by Crippen LogP contribution is 2.20. The number of ether oxygens (including phenoxy) is 1. The molecule has 0 radical (unpaired) electrons. The first kappa shape index (κ1) is 17.2. The van der Waals surface area contributed by atoms with Crippen LogP contribution >= 0.6 is 12.2 Å². The van der Waals surface area contributed by atoms with Crippen molar-refractivity contribution in [2.75, 3.05) is 18.5 Å². The maximum absolute atomic E-state index is 5.91. The molecule has 1 aromatic rings. The van der Waals surface area contributed by atoms with Gasteiger partial charge in [0.2, 0.25) is 0 Å². The molecule has 0 heterocycles. The average Bonchev–Trinajstić information content (AvgIpc) is 2.47. The Balaban J connectivity index is 1.59. The SMILES string of the molecule is Cc1cc(C)cc(NC(=S)NCCCOC2CCCCC2)c1. The van der Waals surface area contributed by atoms with E-state index >= 15 is 0 Å². The largest absolute Gasteiger partial charge is 0.378 e. The third-order valence-electron chi connectivity index (χ3n) is 3.99. The molecule has 1 aliphatic rings. The Bertz CT molecular complexity index is 464. The van der Waals surface area contributed by atoms with Gasteiger partial charge in [-0.3, -0.25) is 0 Å². The van der Waals surface area contributed by atoms with E-state index in [9.17, 15) is 0 Å². The molecule has 1 aliphatic carbocycles. The fourth-order valence-electron chi connectivity index (χ4n) is 2.98. The second-order valence-electron chi connectivity index (χ2n) is 6.24. The first-order chi connectivity index (χ1) is 10.6. The van der Waals surface area contributed by atoms with Gasteiger partial charge >= 0.3 is 0 Å². The van der Waals surface area contributed by atoms with Crippen LogP contribution in [0.3, 0.4) is 0 Å². The molecule has 2 N–H and O–H groups in total. The fraction of sp³-hybridized carbons (Fsp3) is 0.611. The van der Waals surface area contributed by atoms with Gasteiger partial charge in [0.05, 0.1) is 6.10 Å². The summed E-state index contributed by atoms with van der Waals surface area (Å²) in [5, 5.41) is 7.17. The molecule has 0 unspecified atom stereocenters. The van der Waals surface area contributed by atoms with Crippen molar-refractivity contribution in [1.82, 2.24) is 5.32 Å². The number of nitrogens with one attached hydrogen (secondary N) is 2. The van der Waals surface area contributed by atoms with Crippen LogP contribution < -0.4 is 10.6 Å². The normalized spacial score (nSPS) is 15.5. The molecule has 0 saturated heterocycles. The molecule has 0 aliphatic heterocycles. The molecule has 122 valence electrons. The lowest BCUT2D eigenvalue weighted by molar-refractivity contribution is 0.0277. The van der Waals surface area contributed by atoms with Gasteiger partial charge in [0.1, 0.15) is 0 Å². The predicted octanol–water partition coefficient (Wildman–Crippen LogP) is 4.33. The van der Waals surface area contributed by atoms with Gasteiger partial charge in [0.15, 0.2) is 5.11 Å². The van der Waals surface area contributed by atoms with Crippen LogP contribution in [-0.4, -0.2) is 24.4 Å². The molecule has 0 spiro atoms. The summed E-state index contributed by atoms with van der Waals surface area (Å²) in [7, 11) is 0. The third-order valence-corrected chi connectivity index (χ3v) is 4.24. The van der Waals surface area contributed by atoms with Crippen molar-refractivity contribution in [2.24, 2.45) is 0 Å². The highest BCUT2D eigenvalue weighted by molar-refractivity contribution is 7.80. The van der Waals surface area contributed by atoms with Crippen molar-refractivity contribution in [2.45, 2.75) is 58.5 Å². The summed E-state index contributed by atoms with van der Waals surface area (Å²) in [6.45, 7) is 5.86. The summed E-state index contributed by atoms with van der Waals surface area (Å²) in [6.07, 6.45) is 7.99. The number of aryl methyl sites for hydroxylation is 2. The zero-order valence-corrected chi connectivity index (χ0v) is 14.6. The second-order valence-corrected chi connectivity index (χ2v) is 6.65. The Labute approximate surface area is 139 Å². The van der Waals surface area contributed by atoms with E-state index in [2.05, 4.69) is 42.7 Å². The van der Waals surface area contributed by atoms with Crippen LogP contribution in [0.4, 0.5) is 5.69 Å². The summed E-state index contributed by atoms with van der Waals surface area (Å²) in [5.41, 5.74) is 3.53. The van der Waals surface area contributed by atoms with Crippen molar-refractivity contribution in [3.63, 3.8) is 0 Å². The van der Waals surface area contributed by atoms with Crippen molar-refractivity contribution in [3.05, 3.63) is 29.3 Å². The van der Waals surface area contributed by atoms with Crippen molar-refractivity contribution in [1.29, 1.82) is 0 Å². The maximum atomic E-state index is 5.91. The van der Waals surface area contributed by atoms with Gasteiger partial charge < -0.3 is 15.4 Å². The van der Waals surface area contributed by atoms with E-state index in [1.165, 1.54) is 43.2 Å². The molecule has 4 heteroatoms. The topological polar surface area (TPSA) is 33.3 Å². The number of benzene rings is 1. The summed E-state index contributed by atoms with van der Waals surface area (Å²) >= 11 is 5.33. The van der Waals surface area contributed by atoms with Gasteiger partial charge in [0, 0.05) is 18.8 Å². The summed E-state index contributed by atoms with van der Waals surface area (Å²) in [4.78, 5) is 0. The Kier molecular flexibility index (Phi) is 7.13. The highest BCUT2D eigenvalue weighted by atomic mass is 32.1. The zero-order chi connectivity index (χ0) is 15.8. The molecule has 1 aromatic carbocycles. The van der Waals surface area contributed by atoms with Gasteiger partial charge in [-0.05, 0) is 68.6 Å². The molecular weight excluding hydrogens is 292 g/mol. The first-order valence-corrected chi connectivity index (χ1v) is 8.79. The van der Waals surface area contributed by atoms with Crippen molar-refractivity contribution < 1.29 is 4.74 Å². The maximum Gasteiger partial charge on any atom is 0.170 e. The van der Waals surface area contributed by atoms with Crippen LogP contribution in [-0.2, 0) is 4.74 Å². The number of hydrogen-bond donors (Lipinski definition) is 2. The van der Waals surface area contributed by atoms with Gasteiger partial charge in [-0.25, -0.2) is 0 Å². The molecule has 0 amide bonds. The highest BCUT2D eigenvalue weighted by Gasteiger charge is 2.12. The first-order valence-electron chi connectivity index (χ1n) is 8.38. The fourth-order valence-corrected chi connectivity index (χ4v) is 3.20. The lowest BCUT2D eigenvalue weighted by atomic mass is 9.98. The molecule has 0 atom stereocenters. The van der Waals surface area contributed by atoms with E-state index < -0.39 is 0 Å². The molecule has 1 fully saturated rings. The minimum Gasteiger partial charge on any atom is -0.378 e. The van der Waals surface area contributed by atoms with E-state index in [1.807, 2.05) is 0 Å². The second kappa shape index (κ2) is 9.11. The number of hydrogen-bond acceptors (Lipinski definition) is 2. The molecule has 1 saturated carbocycles. The quantitative estimate of drug-likeness (QED) is 0.604. The van der Waals surface area contributed by atoms with E-state index in [1.54, 1.807) is 0 Å². The van der Waals surface area contributed by atoms with Crippen LogP contribution in [0.25, 0.3) is 0 Å². The van der Waals surface area contributed by atoms with Gasteiger partial charge in [-0.2, -0.15) is 0 Å². The number of anilines is 1. The van der Waals surface area contributed by atoms with Crippen LogP contribution in [0.15, 0.2) is 18.2 Å². The standard InChI is InChI=1S/C18H28N2OS/c1-14-11-15(2)13-16(12-14)20-18(22)19-9-6-10-21-17-7-4-3-5-8-17/h11-13,17H,3-10H2,1-2H3,(H2,19,20,22). The Morgan fingerprint density at radius 3 is 2.50 bits per heavy atom. The van der Waals surface area contributed by atoms with E-state index in [4.69, 9.17) is 17.0 Å². The summed E-state index contributed by atoms with van der Waals surface area (Å²) in [6, 6.07) is 6.37. The van der Waals surface area contributed by atoms with Gasteiger partial charge in [0.25, 0.3) is 0 Å². The predicted molar refractivity (Wildman–Crippen MR) is 97.6 cm³/mol. The molecule has 0 aromatic heterocycles. The van der Waals surface area contributed by atoms with Gasteiger partial charge in [-0.15, -0.1) is 0 Å². The number of rotatable bonds is 6. The Morgan fingerprint density at radius 2 is 1.82 bits per heavy atom. The molecule has 3 nitrogen and oxygen atoms in total. The molecule has 22 heavy (non-hydrogen) atoms. The van der Waals surface area contributed by atoms with Crippen molar-refractivity contribution >= 4 is 23.0 Å². The van der Waals surface area contributed by atoms with Crippen molar-refractivity contribution in [3.8, 4) is 0 Å². The zero-order valence-electron chi connectivity index (χ0n) is 13.8. The Morgan fingerprint density at radius 1 is 1.14 bits per heavy atom. The lowest BCUT2D eigenvalue weighted by Gasteiger charge is -2.22. The van der Waals surface area contributed by atoms with Crippen LogP contribution in [0.5, 0.6) is 0 Å². The Hall–Kier alpha value is -1.13. The van der Waals surface area contributed by atoms with E-state index in [0.717, 1.165) is 25.3 Å². The van der Waals surface area contributed by atoms with Crippen LogP contribution in [0.2, 0.25) is 0 Å². The molecular formula is C18H28N2OS. The average molecular weight is 321 g/mol. The lowest BCUT2D eigenvalue weighted by Crippen LogP contribution is -2.30. The minimum absolute atomic E-state index is 0.495. The van der Waals surface area contributed by atoms with Crippen LogP contribution in [0.1, 0.15) is 49.7 Å². The summed E-state index contributed by atoms with van der Waals surface area (Å²) < 4.78 is 5.91.